The molecule has 1 saturated heterocycles. The van der Waals surface area contributed by atoms with Gasteiger partial charge in [-0.2, -0.15) is 0 Å². The highest BCUT2D eigenvalue weighted by Gasteiger charge is 2.19. The fraction of sp³-hybridized carbons (Fsp3) is 0.500. The number of aliphatic hydroxyl groups excluding tert-OH is 1. The summed E-state index contributed by atoms with van der Waals surface area (Å²) in [5, 5.41) is 9.48. The first-order valence-corrected chi connectivity index (χ1v) is 5.95. The van der Waals surface area contributed by atoms with E-state index in [2.05, 4.69) is 29.2 Å². The van der Waals surface area contributed by atoms with Crippen LogP contribution in [0.5, 0.6) is 0 Å². The number of hydrogen-bond acceptors (Lipinski definition) is 4. The third kappa shape index (κ3) is 3.46. The molecule has 0 spiro atoms. The van der Waals surface area contributed by atoms with Crippen LogP contribution in [0.3, 0.4) is 0 Å². The third-order valence-electron chi connectivity index (χ3n) is 3.00. The van der Waals surface area contributed by atoms with E-state index in [4.69, 9.17) is 10.4 Å². The maximum absolute atomic E-state index is 9.48. The van der Waals surface area contributed by atoms with Crippen LogP contribution in [-0.2, 0) is 11.0 Å². The number of β-amino-alcohol motifs (C(OH)–C–C–N with tert-alkyl or cyclic N) is 1. The lowest BCUT2D eigenvalue weighted by atomic mass is 9.89. The highest BCUT2D eigenvalue weighted by Crippen LogP contribution is 2.20. The van der Waals surface area contributed by atoms with Crippen LogP contribution in [-0.4, -0.2) is 38.5 Å². The van der Waals surface area contributed by atoms with Crippen molar-refractivity contribution in [3.8, 4) is 0 Å². The number of rotatable bonds is 5. The molecule has 1 aliphatic rings. The quantitative estimate of drug-likeness (QED) is 0.436. The Labute approximate surface area is 103 Å². The van der Waals surface area contributed by atoms with Gasteiger partial charge in [-0.25, -0.2) is 0 Å². The van der Waals surface area contributed by atoms with Crippen molar-refractivity contribution in [3.05, 3.63) is 29.8 Å². The monoisotopic (exact) mass is 233 g/mol. The van der Waals surface area contributed by atoms with E-state index in [0.717, 1.165) is 25.8 Å². The first-order valence-electron chi connectivity index (χ1n) is 5.95. The summed E-state index contributed by atoms with van der Waals surface area (Å²) in [7, 11) is 1.72. The zero-order valence-corrected chi connectivity index (χ0v) is 9.88. The Morgan fingerprint density at radius 2 is 2.18 bits per heavy atom. The van der Waals surface area contributed by atoms with Crippen molar-refractivity contribution in [2.75, 3.05) is 24.7 Å². The van der Waals surface area contributed by atoms with Crippen molar-refractivity contribution in [1.82, 2.24) is 0 Å². The van der Waals surface area contributed by atoms with Gasteiger partial charge in [0, 0.05) is 18.8 Å². The van der Waals surface area contributed by atoms with E-state index < -0.39 is 0 Å². The van der Waals surface area contributed by atoms with Crippen LogP contribution in [0, 0.1) is 0 Å². The summed E-state index contributed by atoms with van der Waals surface area (Å²) >= 11 is 0. The minimum absolute atomic E-state index is 0.180. The summed E-state index contributed by atoms with van der Waals surface area (Å²) < 4.78 is 4.99. The zero-order chi connectivity index (χ0) is 12.1. The van der Waals surface area contributed by atoms with Crippen molar-refractivity contribution in [3.63, 3.8) is 0 Å². The van der Waals surface area contributed by atoms with Gasteiger partial charge in [-0.15, -0.1) is 0 Å². The predicted molar refractivity (Wildman–Crippen MR) is 68.9 cm³/mol. The van der Waals surface area contributed by atoms with Gasteiger partial charge in [-0.05, 0) is 24.9 Å². The van der Waals surface area contributed by atoms with Crippen molar-refractivity contribution in [1.29, 1.82) is 0 Å². The second-order valence-corrected chi connectivity index (χ2v) is 4.26. The van der Waals surface area contributed by atoms with E-state index >= 15 is 0 Å². The molecule has 1 radical (unpaired) electrons. The molecule has 0 aliphatic carbocycles. The normalized spacial score (nSPS) is 19.6. The number of hydrogen-bond donors (Lipinski definition) is 2. The van der Waals surface area contributed by atoms with Gasteiger partial charge < -0.3 is 20.4 Å². The van der Waals surface area contributed by atoms with Gasteiger partial charge in [0.05, 0.1) is 12.8 Å². The van der Waals surface area contributed by atoms with Crippen molar-refractivity contribution >= 4 is 13.2 Å². The van der Waals surface area contributed by atoms with Gasteiger partial charge in [0.25, 0.3) is 7.48 Å². The fourth-order valence-corrected chi connectivity index (χ4v) is 2.04. The average molecular weight is 233 g/mol. The van der Waals surface area contributed by atoms with Gasteiger partial charge in [0.15, 0.2) is 0 Å². The van der Waals surface area contributed by atoms with Crippen LogP contribution in [0.2, 0.25) is 0 Å². The van der Waals surface area contributed by atoms with Gasteiger partial charge in [-0.3, -0.25) is 0 Å². The molecule has 1 atom stereocenters. The Morgan fingerprint density at radius 3 is 2.76 bits per heavy atom. The van der Waals surface area contributed by atoms with E-state index in [-0.39, 0.29) is 12.8 Å². The maximum Gasteiger partial charge on any atom is 0.298 e. The summed E-state index contributed by atoms with van der Waals surface area (Å²) in [6.07, 6.45) is 1.45. The van der Waals surface area contributed by atoms with Crippen LogP contribution in [0.4, 0.5) is 5.69 Å². The molecule has 0 saturated carbocycles. The summed E-state index contributed by atoms with van der Waals surface area (Å²) in [5.74, 6) is 0. The summed E-state index contributed by atoms with van der Waals surface area (Å²) in [6, 6.07) is 8.33. The predicted octanol–water partition coefficient (Wildman–Crippen LogP) is 0.310. The molecule has 5 heteroatoms. The molecule has 17 heavy (non-hydrogen) atoms. The van der Waals surface area contributed by atoms with Crippen LogP contribution < -0.4 is 10.6 Å². The minimum atomic E-state index is -0.180. The largest absolute Gasteiger partial charge is 0.428 e. The van der Waals surface area contributed by atoms with Gasteiger partial charge in [0.2, 0.25) is 0 Å². The van der Waals surface area contributed by atoms with Gasteiger partial charge in [0.1, 0.15) is 0 Å². The van der Waals surface area contributed by atoms with Gasteiger partial charge >= 0.3 is 0 Å². The molecule has 4 nitrogen and oxygen atoms in total. The maximum atomic E-state index is 9.48. The Hall–Kier alpha value is -1.04. The topological polar surface area (TPSA) is 58.7 Å². The third-order valence-corrected chi connectivity index (χ3v) is 3.00. The number of benzene rings is 1. The van der Waals surface area contributed by atoms with Crippen molar-refractivity contribution in [2.24, 2.45) is 5.73 Å². The average Bonchev–Trinajstić information content (AvgIpc) is 2.77. The van der Waals surface area contributed by atoms with Crippen LogP contribution in [0.15, 0.2) is 24.3 Å². The smallest absolute Gasteiger partial charge is 0.298 e. The van der Waals surface area contributed by atoms with Crippen molar-refractivity contribution in [2.45, 2.75) is 18.8 Å². The number of nitrogens with zero attached hydrogens (tertiary/aromatic N) is 1. The molecule has 1 aliphatic heterocycles. The first kappa shape index (κ1) is 12.4. The Bertz CT molecular complexity index is 345. The lowest BCUT2D eigenvalue weighted by Gasteiger charge is -2.17. The molecule has 3 N–H and O–H groups in total. The van der Waals surface area contributed by atoms with Crippen LogP contribution in [0.25, 0.3) is 0 Å². The number of anilines is 1. The molecule has 1 fully saturated rings. The molecule has 0 amide bonds. The van der Waals surface area contributed by atoms with E-state index in [9.17, 15) is 5.11 Å². The van der Waals surface area contributed by atoms with Gasteiger partial charge in [-0.1, -0.05) is 17.7 Å². The first-order chi connectivity index (χ1) is 8.29. The molecule has 0 bridgehead atoms. The molecule has 2 rings (SSSR count). The molecule has 1 aromatic rings. The Morgan fingerprint density at radius 1 is 1.41 bits per heavy atom. The SMILES string of the molecule is NCO[B]Cc1ccc(N2CC[C@@H](O)C2)cc1. The van der Waals surface area contributed by atoms with Crippen molar-refractivity contribution < 1.29 is 9.76 Å². The molecule has 1 heterocycles. The lowest BCUT2D eigenvalue weighted by Crippen LogP contribution is -2.21. The van der Waals surface area contributed by atoms with Crippen LogP contribution in [0.1, 0.15) is 12.0 Å². The summed E-state index contributed by atoms with van der Waals surface area (Å²) in [4.78, 5) is 2.20. The Kier molecular flexibility index (Phi) is 4.42. The zero-order valence-electron chi connectivity index (χ0n) is 9.88. The Balaban J connectivity index is 1.89. The second-order valence-electron chi connectivity index (χ2n) is 4.26. The van der Waals surface area contributed by atoms with E-state index in [1.54, 1.807) is 7.48 Å². The summed E-state index contributed by atoms with van der Waals surface area (Å²) in [6.45, 7) is 1.90. The highest BCUT2D eigenvalue weighted by molar-refractivity contribution is 6.26. The summed E-state index contributed by atoms with van der Waals surface area (Å²) in [5.41, 5.74) is 7.60. The standard InChI is InChI=1S/C12H18BN2O2/c14-9-17-13-7-10-1-3-11(4-2-10)15-6-5-12(16)8-15/h1-4,12,16H,5-9,14H2/t12-/m1/s1. The minimum Gasteiger partial charge on any atom is -0.428 e. The van der Waals surface area contributed by atoms with Crippen LogP contribution >= 0.6 is 0 Å². The molecule has 0 aromatic heterocycles. The second kappa shape index (κ2) is 6.05. The highest BCUT2D eigenvalue weighted by atomic mass is 16.4. The molecular formula is C12H18BN2O2. The van der Waals surface area contributed by atoms with E-state index in [1.165, 1.54) is 11.3 Å². The lowest BCUT2D eigenvalue weighted by molar-refractivity contribution is 0.198. The molecular weight excluding hydrogens is 215 g/mol. The molecule has 0 unspecified atom stereocenters. The molecule has 91 valence electrons. The molecule has 1 aromatic carbocycles. The number of nitrogens with two attached hydrogens (primary N) is 1. The van der Waals surface area contributed by atoms with E-state index in [0.29, 0.717) is 0 Å². The fourth-order valence-electron chi connectivity index (χ4n) is 2.04. The number of aliphatic hydroxyl groups is 1. The van der Waals surface area contributed by atoms with E-state index in [1.807, 2.05) is 0 Å².